The number of nitrogens with two attached hydrogens (primary N) is 1. The summed E-state index contributed by atoms with van der Waals surface area (Å²) in [6.07, 6.45) is -0.495. The summed E-state index contributed by atoms with van der Waals surface area (Å²) < 4.78 is 5.03. The van der Waals surface area contributed by atoms with Crippen molar-refractivity contribution in [1.29, 1.82) is 0 Å². The Morgan fingerprint density at radius 1 is 1.40 bits per heavy atom. The van der Waals surface area contributed by atoms with Crippen molar-refractivity contribution in [2.75, 3.05) is 5.73 Å². The predicted octanol–water partition coefficient (Wildman–Crippen LogP) is 1.98. The Hall–Kier alpha value is -1.81. The second kappa shape index (κ2) is 3.74. The van der Waals surface area contributed by atoms with Crippen LogP contribution in [0.5, 0.6) is 0 Å². The third kappa shape index (κ3) is 1.99. The summed E-state index contributed by atoms with van der Waals surface area (Å²) in [6.45, 7) is 1.72. The average Bonchev–Trinajstić information content (AvgIpc) is 2.65. The van der Waals surface area contributed by atoms with Gasteiger partial charge in [0.1, 0.15) is 0 Å². The van der Waals surface area contributed by atoms with Gasteiger partial charge in [-0.1, -0.05) is 23.4 Å². The molecule has 4 nitrogen and oxygen atoms in total. The zero-order valence-electron chi connectivity index (χ0n) is 8.34. The van der Waals surface area contributed by atoms with Crippen molar-refractivity contribution in [3.05, 3.63) is 35.9 Å². The number of anilines is 1. The summed E-state index contributed by atoms with van der Waals surface area (Å²) in [4.78, 5) is 0. The van der Waals surface area contributed by atoms with Crippen LogP contribution in [0, 0.1) is 0 Å². The Bertz CT molecular complexity index is 463. The fourth-order valence-corrected chi connectivity index (χ4v) is 1.38. The zero-order valence-corrected chi connectivity index (χ0v) is 8.34. The molecular formula is C11H12N2O2. The zero-order chi connectivity index (χ0) is 10.8. The summed E-state index contributed by atoms with van der Waals surface area (Å²) in [5, 5.41) is 13.0. The van der Waals surface area contributed by atoms with E-state index in [2.05, 4.69) is 5.16 Å². The van der Waals surface area contributed by atoms with E-state index in [9.17, 15) is 5.11 Å². The number of rotatable bonds is 2. The predicted molar refractivity (Wildman–Crippen MR) is 57.0 cm³/mol. The van der Waals surface area contributed by atoms with E-state index in [0.717, 1.165) is 11.1 Å². The van der Waals surface area contributed by atoms with Gasteiger partial charge in [0.2, 0.25) is 0 Å². The first-order valence-electron chi connectivity index (χ1n) is 4.67. The van der Waals surface area contributed by atoms with Gasteiger partial charge in [0, 0.05) is 11.6 Å². The average molecular weight is 204 g/mol. The molecule has 1 aromatic heterocycles. The largest absolute Gasteiger partial charge is 0.389 e. The minimum atomic E-state index is -0.495. The number of aliphatic hydroxyl groups excluding tert-OH is 1. The molecule has 15 heavy (non-hydrogen) atoms. The van der Waals surface area contributed by atoms with Crippen LogP contribution in [0.1, 0.15) is 18.6 Å². The van der Waals surface area contributed by atoms with Crippen molar-refractivity contribution in [2.45, 2.75) is 13.0 Å². The minimum absolute atomic E-state index is 0.354. The van der Waals surface area contributed by atoms with E-state index in [1.54, 1.807) is 13.0 Å². The highest BCUT2D eigenvalue weighted by molar-refractivity contribution is 5.60. The Labute approximate surface area is 87.3 Å². The maximum Gasteiger partial charge on any atom is 0.169 e. The van der Waals surface area contributed by atoms with Gasteiger partial charge in [0.15, 0.2) is 11.6 Å². The van der Waals surface area contributed by atoms with Crippen LogP contribution in [0.15, 0.2) is 34.9 Å². The molecule has 0 radical (unpaired) electrons. The number of nitrogens with zero attached hydrogens (tertiary/aromatic N) is 1. The van der Waals surface area contributed by atoms with Crippen LogP contribution in [0.25, 0.3) is 11.3 Å². The molecule has 2 aromatic rings. The van der Waals surface area contributed by atoms with E-state index in [1.807, 2.05) is 24.3 Å². The van der Waals surface area contributed by atoms with E-state index in [1.165, 1.54) is 0 Å². The Morgan fingerprint density at radius 3 is 2.80 bits per heavy atom. The molecule has 2 rings (SSSR count). The number of hydrogen-bond acceptors (Lipinski definition) is 4. The topological polar surface area (TPSA) is 72.3 Å². The number of aliphatic hydroxyl groups is 1. The first kappa shape index (κ1) is 9.73. The lowest BCUT2D eigenvalue weighted by Crippen LogP contribution is -1.90. The Morgan fingerprint density at radius 2 is 2.20 bits per heavy atom. The second-order valence-corrected chi connectivity index (χ2v) is 3.42. The van der Waals surface area contributed by atoms with Gasteiger partial charge in [-0.3, -0.25) is 0 Å². The molecule has 78 valence electrons. The highest BCUT2D eigenvalue weighted by Crippen LogP contribution is 2.24. The van der Waals surface area contributed by atoms with E-state index in [4.69, 9.17) is 10.3 Å². The third-order valence-corrected chi connectivity index (χ3v) is 2.18. The summed E-state index contributed by atoms with van der Waals surface area (Å²) in [7, 11) is 0. The van der Waals surface area contributed by atoms with Gasteiger partial charge in [-0.15, -0.1) is 0 Å². The Balaban J connectivity index is 2.41. The summed E-state index contributed by atoms with van der Waals surface area (Å²) >= 11 is 0. The van der Waals surface area contributed by atoms with Crippen LogP contribution in [0.3, 0.4) is 0 Å². The number of nitrogen functional groups attached to an aromatic ring is 1. The minimum Gasteiger partial charge on any atom is -0.389 e. The summed E-state index contributed by atoms with van der Waals surface area (Å²) in [5.74, 6) is 0.961. The molecule has 0 aliphatic heterocycles. The second-order valence-electron chi connectivity index (χ2n) is 3.42. The first-order chi connectivity index (χ1) is 7.16. The Kier molecular flexibility index (Phi) is 2.43. The van der Waals surface area contributed by atoms with Gasteiger partial charge >= 0.3 is 0 Å². The highest BCUT2D eigenvalue weighted by Gasteiger charge is 2.07. The van der Waals surface area contributed by atoms with Gasteiger partial charge < -0.3 is 15.4 Å². The van der Waals surface area contributed by atoms with Crippen molar-refractivity contribution in [2.24, 2.45) is 0 Å². The van der Waals surface area contributed by atoms with Crippen molar-refractivity contribution in [3.8, 4) is 11.3 Å². The molecule has 1 unspecified atom stereocenters. The van der Waals surface area contributed by atoms with E-state index in [0.29, 0.717) is 11.6 Å². The normalized spacial score (nSPS) is 12.7. The summed E-state index contributed by atoms with van der Waals surface area (Å²) in [5.41, 5.74) is 7.15. The van der Waals surface area contributed by atoms with Gasteiger partial charge in [-0.25, -0.2) is 0 Å². The van der Waals surface area contributed by atoms with Crippen molar-refractivity contribution < 1.29 is 9.63 Å². The molecule has 1 heterocycles. The molecule has 0 amide bonds. The van der Waals surface area contributed by atoms with Crippen molar-refractivity contribution in [3.63, 3.8) is 0 Å². The highest BCUT2D eigenvalue weighted by atomic mass is 16.5. The fourth-order valence-electron chi connectivity index (χ4n) is 1.38. The number of aromatic nitrogens is 1. The maximum absolute atomic E-state index is 9.43. The molecular weight excluding hydrogens is 192 g/mol. The maximum atomic E-state index is 9.43. The molecule has 1 aromatic carbocycles. The van der Waals surface area contributed by atoms with Crippen molar-refractivity contribution >= 4 is 5.82 Å². The first-order valence-corrected chi connectivity index (χ1v) is 4.67. The molecule has 0 spiro atoms. The molecule has 0 saturated heterocycles. The van der Waals surface area contributed by atoms with Crippen LogP contribution in [-0.4, -0.2) is 10.3 Å². The smallest absolute Gasteiger partial charge is 0.169 e. The third-order valence-electron chi connectivity index (χ3n) is 2.18. The van der Waals surface area contributed by atoms with Gasteiger partial charge in [-0.05, 0) is 18.6 Å². The molecule has 1 atom stereocenters. The lowest BCUT2D eigenvalue weighted by molar-refractivity contribution is 0.199. The SMILES string of the molecule is CC(O)c1cccc(-c2cc(N)no2)c1. The molecule has 4 heteroatoms. The van der Waals surface area contributed by atoms with E-state index < -0.39 is 6.10 Å². The lowest BCUT2D eigenvalue weighted by Gasteiger charge is -2.04. The molecule has 0 aliphatic carbocycles. The monoisotopic (exact) mass is 204 g/mol. The van der Waals surface area contributed by atoms with E-state index >= 15 is 0 Å². The van der Waals surface area contributed by atoms with Crippen molar-refractivity contribution in [1.82, 2.24) is 5.16 Å². The van der Waals surface area contributed by atoms with Crippen LogP contribution < -0.4 is 5.73 Å². The molecule has 0 aliphatic rings. The van der Waals surface area contributed by atoms with Gasteiger partial charge in [0.25, 0.3) is 0 Å². The van der Waals surface area contributed by atoms with Gasteiger partial charge in [0.05, 0.1) is 6.10 Å². The summed E-state index contributed by atoms with van der Waals surface area (Å²) in [6, 6.07) is 9.10. The standard InChI is InChI=1S/C11H12N2O2/c1-7(14)8-3-2-4-9(5-8)10-6-11(12)13-15-10/h2-7,14H,1H3,(H2,12,13). The van der Waals surface area contributed by atoms with Crippen LogP contribution >= 0.6 is 0 Å². The lowest BCUT2D eigenvalue weighted by atomic mass is 10.1. The quantitative estimate of drug-likeness (QED) is 0.784. The fraction of sp³-hybridized carbons (Fsp3) is 0.182. The number of benzene rings is 1. The van der Waals surface area contributed by atoms with Crippen LogP contribution in [0.2, 0.25) is 0 Å². The molecule has 0 fully saturated rings. The molecule has 0 saturated carbocycles. The number of hydrogen-bond donors (Lipinski definition) is 2. The molecule has 0 bridgehead atoms. The van der Waals surface area contributed by atoms with E-state index in [-0.39, 0.29) is 0 Å². The van der Waals surface area contributed by atoms with Crippen LogP contribution in [-0.2, 0) is 0 Å². The molecule has 3 N–H and O–H groups in total. The van der Waals surface area contributed by atoms with Crippen LogP contribution in [0.4, 0.5) is 5.82 Å². The van der Waals surface area contributed by atoms with Gasteiger partial charge in [-0.2, -0.15) is 0 Å².